The molecule has 18 rings (SSSR count). The Bertz CT molecular complexity index is 5300. The lowest BCUT2D eigenvalue weighted by molar-refractivity contribution is -0.258. The largest absolute Gasteiger partial charge is 0.421 e. The highest BCUT2D eigenvalue weighted by molar-refractivity contribution is 6.05. The van der Waals surface area contributed by atoms with Crippen molar-refractivity contribution in [3.63, 3.8) is 0 Å². The Morgan fingerprint density at radius 2 is 0.784 bits per heavy atom. The van der Waals surface area contributed by atoms with Gasteiger partial charge in [0.15, 0.2) is 5.60 Å². The van der Waals surface area contributed by atoms with Crippen LogP contribution in [0.5, 0.6) is 0 Å². The number of hydrogen-bond acceptors (Lipinski definition) is 11. The van der Waals surface area contributed by atoms with Gasteiger partial charge < -0.3 is 34.9 Å². The van der Waals surface area contributed by atoms with E-state index in [1.807, 2.05) is 99.0 Å². The van der Waals surface area contributed by atoms with Gasteiger partial charge in [-0.1, -0.05) is 148 Å². The zero-order valence-corrected chi connectivity index (χ0v) is 63.1. The first-order valence-corrected chi connectivity index (χ1v) is 38.0. The maximum absolute atomic E-state index is 13.0. The summed E-state index contributed by atoms with van der Waals surface area (Å²) in [4.78, 5) is 35.5. The number of anilines is 5. The molecule has 0 radical (unpaired) electrons. The molecule has 17 nitrogen and oxygen atoms in total. The zero-order chi connectivity index (χ0) is 76.8. The van der Waals surface area contributed by atoms with Crippen LogP contribution in [-0.4, -0.2) is 97.1 Å². The number of carbonyl (C=O) groups is 2. The average molecular weight is 1490 g/mol. The minimum absolute atomic E-state index is 0.00366. The van der Waals surface area contributed by atoms with Crippen molar-refractivity contribution >= 4 is 40.3 Å². The van der Waals surface area contributed by atoms with E-state index in [0.717, 1.165) is 130 Å². The lowest BCUT2D eigenvalue weighted by Crippen LogP contribution is -2.39. The molecule has 0 saturated carbocycles. The Labute approximate surface area is 645 Å². The van der Waals surface area contributed by atoms with E-state index in [0.29, 0.717) is 18.5 Å². The Balaban J connectivity index is 0.000000118. The molecule has 564 valence electrons. The number of nitrogens with zero attached hydrogens (tertiary/aromatic N) is 9. The molecule has 1 saturated heterocycles. The number of carbonyl (C=O) groups excluding carboxylic acids is 2. The highest BCUT2D eigenvalue weighted by atomic mass is 19.4. The second kappa shape index (κ2) is 32.1. The smallest absolute Gasteiger partial charge is 0.376 e. The molecule has 6 N–H and O–H groups in total. The van der Waals surface area contributed by atoms with Crippen molar-refractivity contribution in [3.05, 3.63) is 317 Å². The molecule has 5 aliphatic heterocycles. The number of amides is 2. The van der Waals surface area contributed by atoms with Crippen molar-refractivity contribution in [1.29, 1.82) is 0 Å². The fourth-order valence-corrected chi connectivity index (χ4v) is 15.4. The van der Waals surface area contributed by atoms with E-state index in [1.54, 1.807) is 23.2 Å². The number of halogens is 3. The Kier molecular flexibility index (Phi) is 21.5. The van der Waals surface area contributed by atoms with Gasteiger partial charge >= 0.3 is 6.18 Å². The van der Waals surface area contributed by atoms with Crippen molar-refractivity contribution in [3.8, 4) is 44.5 Å². The van der Waals surface area contributed by atoms with E-state index < -0.39 is 11.8 Å². The third-order valence-corrected chi connectivity index (χ3v) is 22.0. The maximum atomic E-state index is 13.0. The number of benzene rings is 9. The highest BCUT2D eigenvalue weighted by Gasteiger charge is 2.51. The third kappa shape index (κ3) is 17.0. The first kappa shape index (κ1) is 74.2. The lowest BCUT2D eigenvalue weighted by atomic mass is 9.87. The predicted molar refractivity (Wildman–Crippen MR) is 434 cm³/mol. The van der Waals surface area contributed by atoms with Crippen LogP contribution in [-0.2, 0) is 67.7 Å². The van der Waals surface area contributed by atoms with Crippen LogP contribution in [0.3, 0.4) is 0 Å². The molecule has 0 aliphatic carbocycles. The summed E-state index contributed by atoms with van der Waals surface area (Å²) in [6.07, 6.45) is 16.0. The SMILES string of the molecule is CC(C)(C)c1ccc(CN2CCc3cc(-c4cn[nH]c4)ccc32)cc1.CC(O)(c1ccc(CN2CCc3cc(-c4cn[nH]c4)ccc32)cc1)C(F)(F)F.CN(C(=O)c1ccc(CN2CCc3cc(-c4cn[nH]c4)ccc32)cc1)c1ccccc1.O=C1CCC(c2ccc(CN3CCc4cc(-c5cn[nH]c5)ccc43)cc2)N1. The summed E-state index contributed by atoms with van der Waals surface area (Å²) < 4.78 is 38.9. The molecule has 13 aromatic rings. The highest BCUT2D eigenvalue weighted by Crippen LogP contribution is 2.41. The third-order valence-electron chi connectivity index (χ3n) is 22.0. The quantitative estimate of drug-likeness (QED) is 0.0538. The van der Waals surface area contributed by atoms with Crippen LogP contribution in [0.25, 0.3) is 44.5 Å². The van der Waals surface area contributed by atoms with Crippen molar-refractivity contribution in [2.75, 3.05) is 57.7 Å². The first-order valence-electron chi connectivity index (χ1n) is 38.0. The van der Waals surface area contributed by atoms with Gasteiger partial charge in [0.25, 0.3) is 5.91 Å². The van der Waals surface area contributed by atoms with Gasteiger partial charge in [-0.3, -0.25) is 30.0 Å². The number of fused-ring (bicyclic) bond motifs is 4. The van der Waals surface area contributed by atoms with E-state index in [4.69, 9.17) is 0 Å². The summed E-state index contributed by atoms with van der Waals surface area (Å²) >= 11 is 0. The van der Waals surface area contributed by atoms with Gasteiger partial charge in [-0.15, -0.1) is 0 Å². The molecule has 0 bridgehead atoms. The number of alkyl halides is 3. The summed E-state index contributed by atoms with van der Waals surface area (Å²) in [5.41, 5.74) is 25.9. The minimum atomic E-state index is -4.71. The molecule has 20 heteroatoms. The standard InChI is InChI=1S/C26H24N4O.C22H22N4O.C22H25N3.C21H20F3N3O/c1-29(24-5-3-2-4-6-24)26(31)20-9-7-19(8-10-20)18-30-14-13-22-15-21(11-12-25(22)30)23-16-27-28-17-23;27-22-8-6-20(25-22)16-3-1-15(2-4-16)14-26-10-9-18-11-17(5-7-21(18)26)19-12-23-24-13-19;1-22(2,3)20-7-4-16(5-8-20)15-25-11-10-18-12-17(6-9-21(18)25)19-13-23-24-14-19;1-20(28,21(22,23)24)18-5-2-14(3-6-18)13-27-9-8-16-10-15(4-7-19(16)27)17-11-25-26-12-17/h2-12,15-17H,13-14,18H2,1H3,(H,27,28);1-5,7,11-13,20H,6,8-10,14H2,(H,23,24)(H,25,27);4-9,12-14H,10-11,15H2,1-3H3,(H,23,24);2-7,10-12,28H,8-9,13H2,1H3,(H,25,26). The molecule has 9 aromatic carbocycles. The van der Waals surface area contributed by atoms with Crippen LogP contribution in [0.1, 0.15) is 118 Å². The number of aromatic nitrogens is 8. The fourth-order valence-electron chi connectivity index (χ4n) is 15.4. The molecule has 0 spiro atoms. The van der Waals surface area contributed by atoms with Crippen molar-refractivity contribution in [2.45, 2.75) is 116 Å². The molecule has 111 heavy (non-hydrogen) atoms. The maximum Gasteiger partial charge on any atom is 0.421 e. The molecule has 4 aromatic heterocycles. The van der Waals surface area contributed by atoms with Crippen molar-refractivity contribution in [2.24, 2.45) is 0 Å². The number of H-pyrrole nitrogens is 4. The van der Waals surface area contributed by atoms with Crippen LogP contribution in [0, 0.1) is 0 Å². The summed E-state index contributed by atoms with van der Waals surface area (Å²) in [5, 5.41) is 40.4. The van der Waals surface area contributed by atoms with Crippen LogP contribution in [0.15, 0.2) is 250 Å². The second-order valence-electron chi connectivity index (χ2n) is 30.5. The summed E-state index contributed by atoms with van der Waals surface area (Å²) in [6, 6.07) is 68.0. The van der Waals surface area contributed by atoms with E-state index >= 15 is 0 Å². The van der Waals surface area contributed by atoms with Gasteiger partial charge in [0.05, 0.1) is 30.8 Å². The number of aromatic amines is 4. The topological polar surface area (TPSA) is 197 Å². The molecule has 9 heterocycles. The van der Waals surface area contributed by atoms with Gasteiger partial charge in [0, 0.05) is 147 Å². The normalized spacial score (nSPS) is 15.3. The van der Waals surface area contributed by atoms with Gasteiger partial charge in [0.1, 0.15) is 0 Å². The molecule has 2 amide bonds. The van der Waals surface area contributed by atoms with Gasteiger partial charge in [-0.25, -0.2) is 0 Å². The monoisotopic (exact) mass is 1480 g/mol. The Morgan fingerprint density at radius 3 is 1.10 bits per heavy atom. The summed E-state index contributed by atoms with van der Waals surface area (Å²) in [6.45, 7) is 14.9. The predicted octanol–water partition coefficient (Wildman–Crippen LogP) is 17.9. The van der Waals surface area contributed by atoms with E-state index in [1.165, 1.54) is 96.0 Å². The number of aliphatic hydroxyl groups is 1. The number of hydrogen-bond donors (Lipinski definition) is 6. The molecule has 2 atom stereocenters. The molecule has 1 fully saturated rings. The van der Waals surface area contributed by atoms with Crippen LogP contribution >= 0.6 is 0 Å². The molecular formula is C91H91F3N14O3. The summed E-state index contributed by atoms with van der Waals surface area (Å²) in [7, 11) is 1.81. The van der Waals surface area contributed by atoms with Crippen LogP contribution in [0.4, 0.5) is 41.6 Å². The van der Waals surface area contributed by atoms with Crippen LogP contribution in [0.2, 0.25) is 0 Å². The number of nitrogens with one attached hydrogen (secondary N) is 5. The number of para-hydroxylation sites is 1. The molecule has 5 aliphatic rings. The van der Waals surface area contributed by atoms with Crippen molar-refractivity contribution in [1.82, 2.24) is 46.1 Å². The zero-order valence-electron chi connectivity index (χ0n) is 63.1. The fraction of sp³-hybridized carbons (Fsp3) is 0.253. The van der Waals surface area contributed by atoms with E-state index in [9.17, 15) is 27.9 Å². The first-order chi connectivity index (χ1) is 53.7. The Morgan fingerprint density at radius 1 is 0.441 bits per heavy atom. The van der Waals surface area contributed by atoms with Crippen LogP contribution < -0.4 is 29.8 Å². The Hall–Kier alpha value is -12.3. The van der Waals surface area contributed by atoms with Gasteiger partial charge in [0.2, 0.25) is 5.91 Å². The average Bonchev–Trinajstić information content (AvgIpc) is 1.80. The second-order valence-corrected chi connectivity index (χ2v) is 30.5. The summed E-state index contributed by atoms with van der Waals surface area (Å²) in [5.74, 6) is 0.156. The van der Waals surface area contributed by atoms with Crippen molar-refractivity contribution < 1.29 is 27.9 Å². The van der Waals surface area contributed by atoms with E-state index in [2.05, 4.69) is 214 Å². The minimum Gasteiger partial charge on any atom is -0.376 e. The van der Waals surface area contributed by atoms with E-state index in [-0.39, 0.29) is 28.8 Å². The number of rotatable bonds is 16. The molecular weight excluding hydrogens is 1390 g/mol. The lowest BCUT2D eigenvalue weighted by Gasteiger charge is -2.27. The van der Waals surface area contributed by atoms with Gasteiger partial charge in [-0.2, -0.15) is 33.6 Å². The molecule has 2 unspecified atom stereocenters. The van der Waals surface area contributed by atoms with Gasteiger partial charge in [-0.05, 0) is 201 Å².